The highest BCUT2D eigenvalue weighted by atomic mass is 35.5. The van der Waals surface area contributed by atoms with Gasteiger partial charge >= 0.3 is 0 Å². The summed E-state index contributed by atoms with van der Waals surface area (Å²) in [7, 11) is 0. The number of rotatable bonds is 7. The maximum atomic E-state index is 13.2. The number of carbonyl (C=O) groups is 2. The predicted molar refractivity (Wildman–Crippen MR) is 119 cm³/mol. The van der Waals surface area contributed by atoms with Crippen LogP contribution in [0.25, 0.3) is 0 Å². The van der Waals surface area contributed by atoms with Crippen molar-refractivity contribution < 1.29 is 9.59 Å². The molecular weight excluding hydrogens is 407 g/mol. The molecule has 0 heterocycles. The Kier molecular flexibility index (Phi) is 8.12. The lowest BCUT2D eigenvalue weighted by molar-refractivity contribution is -0.140. The normalized spacial score (nSPS) is 12.0. The van der Waals surface area contributed by atoms with Gasteiger partial charge in [-0.2, -0.15) is 0 Å². The minimum Gasteiger partial charge on any atom is -0.352 e. The van der Waals surface area contributed by atoms with Gasteiger partial charge in [-0.25, -0.2) is 0 Å². The molecule has 0 aliphatic rings. The zero-order chi connectivity index (χ0) is 21.7. The van der Waals surface area contributed by atoms with Gasteiger partial charge in [-0.05, 0) is 57.9 Å². The summed E-state index contributed by atoms with van der Waals surface area (Å²) in [4.78, 5) is 27.4. The summed E-state index contributed by atoms with van der Waals surface area (Å²) in [6.45, 7) is 9.82. The molecule has 2 rings (SSSR count). The van der Waals surface area contributed by atoms with Crippen LogP contribution in [0.3, 0.4) is 0 Å². The van der Waals surface area contributed by atoms with E-state index in [2.05, 4.69) is 11.4 Å². The van der Waals surface area contributed by atoms with E-state index in [0.29, 0.717) is 10.0 Å². The van der Waals surface area contributed by atoms with Gasteiger partial charge in [-0.3, -0.25) is 9.59 Å². The van der Waals surface area contributed by atoms with Crippen LogP contribution in [-0.2, 0) is 22.6 Å². The van der Waals surface area contributed by atoms with Crippen LogP contribution < -0.4 is 5.32 Å². The van der Waals surface area contributed by atoms with Crippen LogP contribution in [0.2, 0.25) is 10.0 Å². The van der Waals surface area contributed by atoms with Crippen molar-refractivity contribution in [3.05, 3.63) is 68.7 Å². The molecule has 0 aromatic heterocycles. The van der Waals surface area contributed by atoms with E-state index in [-0.39, 0.29) is 30.8 Å². The van der Waals surface area contributed by atoms with E-state index < -0.39 is 6.04 Å². The fourth-order valence-corrected chi connectivity index (χ4v) is 3.59. The summed E-state index contributed by atoms with van der Waals surface area (Å²) in [5.41, 5.74) is 3.96. The van der Waals surface area contributed by atoms with Gasteiger partial charge in [0, 0.05) is 12.6 Å². The van der Waals surface area contributed by atoms with Crippen LogP contribution in [0.15, 0.2) is 36.4 Å². The molecule has 0 aliphatic carbocycles. The third-order valence-corrected chi connectivity index (χ3v) is 5.31. The molecule has 2 aromatic carbocycles. The molecule has 1 N–H and O–H groups in total. The molecule has 2 aromatic rings. The average molecular weight is 435 g/mol. The lowest BCUT2D eigenvalue weighted by Crippen LogP contribution is -2.49. The van der Waals surface area contributed by atoms with Gasteiger partial charge in [0.1, 0.15) is 6.04 Å². The monoisotopic (exact) mass is 434 g/mol. The molecule has 2 amide bonds. The van der Waals surface area contributed by atoms with Crippen molar-refractivity contribution in [2.45, 2.75) is 59.7 Å². The second-order valence-electron chi connectivity index (χ2n) is 7.78. The van der Waals surface area contributed by atoms with E-state index in [0.717, 1.165) is 22.3 Å². The summed E-state index contributed by atoms with van der Waals surface area (Å²) in [6.07, 6.45) is 0.225. The fourth-order valence-electron chi connectivity index (χ4n) is 3.27. The van der Waals surface area contributed by atoms with Crippen molar-refractivity contribution in [1.82, 2.24) is 10.2 Å². The van der Waals surface area contributed by atoms with Gasteiger partial charge in [0.05, 0.1) is 16.5 Å². The van der Waals surface area contributed by atoms with E-state index in [1.807, 2.05) is 45.9 Å². The molecule has 0 saturated carbocycles. The zero-order valence-corrected chi connectivity index (χ0v) is 19.1. The first-order valence-corrected chi connectivity index (χ1v) is 10.4. The topological polar surface area (TPSA) is 49.4 Å². The SMILES string of the molecule is Cc1cc(C)cc(CC(=O)N(Cc2ccc(Cl)c(Cl)c2)C(C)C(=O)NC(C)C)c1. The molecule has 29 heavy (non-hydrogen) atoms. The lowest BCUT2D eigenvalue weighted by Gasteiger charge is -2.29. The van der Waals surface area contributed by atoms with Gasteiger partial charge in [0.2, 0.25) is 11.8 Å². The summed E-state index contributed by atoms with van der Waals surface area (Å²) in [6, 6.07) is 10.7. The molecule has 0 spiro atoms. The standard InChI is InChI=1S/C23H28Cl2N2O2/c1-14(2)26-23(29)17(5)27(13-18-6-7-20(24)21(25)11-18)22(28)12-19-9-15(3)8-16(4)10-19/h6-11,14,17H,12-13H2,1-5H3,(H,26,29). The number of nitrogens with one attached hydrogen (secondary N) is 1. The van der Waals surface area contributed by atoms with Crippen molar-refractivity contribution in [3.8, 4) is 0 Å². The van der Waals surface area contributed by atoms with Gasteiger partial charge < -0.3 is 10.2 Å². The minimum atomic E-state index is -0.620. The van der Waals surface area contributed by atoms with Crippen molar-refractivity contribution >= 4 is 35.0 Å². The summed E-state index contributed by atoms with van der Waals surface area (Å²) in [5.74, 6) is -0.304. The molecule has 1 atom stereocenters. The average Bonchev–Trinajstić information content (AvgIpc) is 2.60. The first kappa shape index (κ1) is 23.2. The van der Waals surface area contributed by atoms with E-state index in [1.165, 1.54) is 0 Å². The predicted octanol–water partition coefficient (Wildman–Crippen LogP) is 5.09. The highest BCUT2D eigenvalue weighted by Crippen LogP contribution is 2.24. The molecule has 4 nitrogen and oxygen atoms in total. The Morgan fingerprint density at radius 2 is 1.55 bits per heavy atom. The molecular formula is C23H28Cl2N2O2. The molecule has 0 saturated heterocycles. The third-order valence-electron chi connectivity index (χ3n) is 4.57. The Bertz CT molecular complexity index is 876. The lowest BCUT2D eigenvalue weighted by atomic mass is 10.0. The minimum absolute atomic E-state index is 0.00805. The second kappa shape index (κ2) is 10.1. The van der Waals surface area contributed by atoms with Crippen LogP contribution >= 0.6 is 23.2 Å². The van der Waals surface area contributed by atoms with Gasteiger partial charge in [0.15, 0.2) is 0 Å². The summed E-state index contributed by atoms with van der Waals surface area (Å²) < 4.78 is 0. The molecule has 0 fully saturated rings. The van der Waals surface area contributed by atoms with E-state index in [1.54, 1.807) is 24.0 Å². The number of aryl methyl sites for hydroxylation is 2. The Balaban J connectivity index is 2.30. The van der Waals surface area contributed by atoms with Crippen molar-refractivity contribution in [2.24, 2.45) is 0 Å². The van der Waals surface area contributed by atoms with Crippen LogP contribution in [0.4, 0.5) is 0 Å². The third kappa shape index (κ3) is 6.76. The quantitative estimate of drug-likeness (QED) is 0.658. The Morgan fingerprint density at radius 1 is 0.931 bits per heavy atom. The van der Waals surface area contributed by atoms with Crippen LogP contribution in [0, 0.1) is 13.8 Å². The Hall–Kier alpha value is -2.04. The first-order valence-electron chi connectivity index (χ1n) is 9.67. The molecule has 0 bridgehead atoms. The number of amides is 2. The van der Waals surface area contributed by atoms with E-state index >= 15 is 0 Å². The maximum absolute atomic E-state index is 13.2. The van der Waals surface area contributed by atoms with Gasteiger partial charge in [-0.15, -0.1) is 0 Å². The van der Waals surface area contributed by atoms with Crippen molar-refractivity contribution in [1.29, 1.82) is 0 Å². The van der Waals surface area contributed by atoms with E-state index in [9.17, 15) is 9.59 Å². The number of halogens is 2. The van der Waals surface area contributed by atoms with E-state index in [4.69, 9.17) is 23.2 Å². The summed E-state index contributed by atoms with van der Waals surface area (Å²) >= 11 is 12.1. The van der Waals surface area contributed by atoms with Crippen LogP contribution in [-0.4, -0.2) is 28.8 Å². The summed E-state index contributed by atoms with van der Waals surface area (Å²) in [5, 5.41) is 3.76. The molecule has 0 aliphatic heterocycles. The Morgan fingerprint density at radius 3 is 2.10 bits per heavy atom. The maximum Gasteiger partial charge on any atom is 0.242 e. The molecule has 0 radical (unpaired) electrons. The second-order valence-corrected chi connectivity index (χ2v) is 8.60. The number of hydrogen-bond donors (Lipinski definition) is 1. The molecule has 6 heteroatoms. The number of nitrogens with zero attached hydrogens (tertiary/aromatic N) is 1. The highest BCUT2D eigenvalue weighted by Gasteiger charge is 2.26. The van der Waals surface area contributed by atoms with Gasteiger partial charge in [0.25, 0.3) is 0 Å². The van der Waals surface area contributed by atoms with Crippen LogP contribution in [0.1, 0.15) is 43.0 Å². The molecule has 1 unspecified atom stereocenters. The number of hydrogen-bond acceptors (Lipinski definition) is 2. The van der Waals surface area contributed by atoms with Crippen molar-refractivity contribution in [3.63, 3.8) is 0 Å². The van der Waals surface area contributed by atoms with Crippen LogP contribution in [0.5, 0.6) is 0 Å². The number of carbonyl (C=O) groups excluding carboxylic acids is 2. The van der Waals surface area contributed by atoms with Gasteiger partial charge in [-0.1, -0.05) is 58.6 Å². The molecule has 156 valence electrons. The first-order chi connectivity index (χ1) is 13.6. The van der Waals surface area contributed by atoms with Crippen molar-refractivity contribution in [2.75, 3.05) is 0 Å². The highest BCUT2D eigenvalue weighted by molar-refractivity contribution is 6.42. The smallest absolute Gasteiger partial charge is 0.242 e. The largest absolute Gasteiger partial charge is 0.352 e. The zero-order valence-electron chi connectivity index (χ0n) is 17.6. The number of benzene rings is 2. The fraction of sp³-hybridized carbons (Fsp3) is 0.391. The Labute approximate surface area is 183 Å².